The van der Waals surface area contributed by atoms with E-state index in [1.165, 1.54) is 6.07 Å². The van der Waals surface area contributed by atoms with Gasteiger partial charge in [0, 0.05) is 56.1 Å². The minimum absolute atomic E-state index is 0.0657. The highest BCUT2D eigenvalue weighted by Crippen LogP contribution is 2.32. The molecule has 2 fully saturated rings. The standard InChI is InChI=1S/C24H25F3N4O3/c25-24(26,27)18-3-1-4-20(15-18)29-11-13-30(14-12-29)22(33)16-28-23(34)17-6-8-19(9-7-17)31-10-2-5-21(31)32/h1,3-4,6-9,15H,2,5,10-14,16H2,(H,28,34). The second-order valence-corrected chi connectivity index (χ2v) is 8.29. The Hall–Kier alpha value is -3.56. The number of halogens is 3. The molecule has 3 amide bonds. The maximum Gasteiger partial charge on any atom is 0.416 e. The fraction of sp³-hybridized carbons (Fsp3) is 0.375. The lowest BCUT2D eigenvalue weighted by Crippen LogP contribution is -2.51. The SMILES string of the molecule is O=C(NCC(=O)N1CCN(c2cccc(C(F)(F)F)c2)CC1)c1ccc(N2CCCC2=O)cc1. The monoisotopic (exact) mass is 474 g/mol. The molecular weight excluding hydrogens is 449 g/mol. The van der Waals surface area contributed by atoms with Crippen LogP contribution in [0.3, 0.4) is 0 Å². The second-order valence-electron chi connectivity index (χ2n) is 8.29. The molecule has 0 unspecified atom stereocenters. The largest absolute Gasteiger partial charge is 0.416 e. The summed E-state index contributed by atoms with van der Waals surface area (Å²) in [6.07, 6.45) is -3.06. The van der Waals surface area contributed by atoms with Crippen molar-refractivity contribution >= 4 is 29.1 Å². The molecule has 0 bridgehead atoms. The van der Waals surface area contributed by atoms with E-state index in [4.69, 9.17) is 0 Å². The molecule has 34 heavy (non-hydrogen) atoms. The van der Waals surface area contributed by atoms with Crippen LogP contribution in [-0.2, 0) is 15.8 Å². The van der Waals surface area contributed by atoms with Crippen LogP contribution in [0.4, 0.5) is 24.5 Å². The number of nitrogens with one attached hydrogen (secondary N) is 1. The number of hydrogen-bond acceptors (Lipinski definition) is 4. The molecule has 0 aromatic heterocycles. The van der Waals surface area contributed by atoms with Gasteiger partial charge in [0.1, 0.15) is 0 Å². The van der Waals surface area contributed by atoms with Crippen molar-refractivity contribution in [3.63, 3.8) is 0 Å². The number of nitrogens with zero attached hydrogens (tertiary/aromatic N) is 3. The van der Waals surface area contributed by atoms with Crippen LogP contribution >= 0.6 is 0 Å². The van der Waals surface area contributed by atoms with Crippen molar-refractivity contribution in [3.8, 4) is 0 Å². The van der Waals surface area contributed by atoms with Gasteiger partial charge < -0.3 is 20.0 Å². The Bertz CT molecular complexity index is 1060. The van der Waals surface area contributed by atoms with E-state index in [0.717, 1.165) is 24.2 Å². The predicted molar refractivity (Wildman–Crippen MR) is 121 cm³/mol. The van der Waals surface area contributed by atoms with Crippen LogP contribution < -0.4 is 15.1 Å². The number of hydrogen-bond donors (Lipinski definition) is 1. The van der Waals surface area contributed by atoms with Crippen molar-refractivity contribution in [3.05, 3.63) is 59.7 Å². The van der Waals surface area contributed by atoms with Crippen molar-refractivity contribution in [2.24, 2.45) is 0 Å². The molecule has 7 nitrogen and oxygen atoms in total. The van der Waals surface area contributed by atoms with Gasteiger partial charge in [-0.15, -0.1) is 0 Å². The molecule has 2 saturated heterocycles. The van der Waals surface area contributed by atoms with Gasteiger partial charge in [-0.2, -0.15) is 13.2 Å². The number of anilines is 2. The Kier molecular flexibility index (Phi) is 6.76. The van der Waals surface area contributed by atoms with Crippen molar-refractivity contribution < 1.29 is 27.6 Å². The van der Waals surface area contributed by atoms with Gasteiger partial charge in [0.05, 0.1) is 12.1 Å². The summed E-state index contributed by atoms with van der Waals surface area (Å²) in [6.45, 7) is 2.00. The van der Waals surface area contributed by atoms with Gasteiger partial charge in [-0.3, -0.25) is 14.4 Å². The van der Waals surface area contributed by atoms with E-state index >= 15 is 0 Å². The number of rotatable bonds is 5. The van der Waals surface area contributed by atoms with Gasteiger partial charge in [-0.05, 0) is 48.9 Å². The number of benzene rings is 2. The second kappa shape index (κ2) is 9.74. The van der Waals surface area contributed by atoms with E-state index in [1.54, 1.807) is 40.1 Å². The summed E-state index contributed by atoms with van der Waals surface area (Å²) in [5.41, 5.74) is 0.895. The first kappa shape index (κ1) is 23.6. The summed E-state index contributed by atoms with van der Waals surface area (Å²) in [5, 5.41) is 2.61. The van der Waals surface area contributed by atoms with E-state index in [9.17, 15) is 27.6 Å². The lowest BCUT2D eigenvalue weighted by Gasteiger charge is -2.36. The minimum atomic E-state index is -4.40. The van der Waals surface area contributed by atoms with Crippen LogP contribution in [-0.4, -0.2) is 61.9 Å². The molecule has 0 atom stereocenters. The van der Waals surface area contributed by atoms with Crippen LogP contribution in [0, 0.1) is 0 Å². The van der Waals surface area contributed by atoms with E-state index < -0.39 is 17.6 Å². The van der Waals surface area contributed by atoms with Gasteiger partial charge >= 0.3 is 6.18 Å². The summed E-state index contributed by atoms with van der Waals surface area (Å²) < 4.78 is 38.9. The van der Waals surface area contributed by atoms with Crippen LogP contribution in [0.5, 0.6) is 0 Å². The van der Waals surface area contributed by atoms with Crippen LogP contribution in [0.1, 0.15) is 28.8 Å². The lowest BCUT2D eigenvalue weighted by atomic mass is 10.1. The van der Waals surface area contributed by atoms with E-state index in [2.05, 4.69) is 5.32 Å². The van der Waals surface area contributed by atoms with Crippen LogP contribution in [0.2, 0.25) is 0 Å². The number of alkyl halides is 3. The highest BCUT2D eigenvalue weighted by molar-refractivity contribution is 5.98. The maximum atomic E-state index is 13.0. The first-order chi connectivity index (χ1) is 16.2. The Labute approximate surface area is 195 Å². The van der Waals surface area contributed by atoms with E-state index in [0.29, 0.717) is 50.4 Å². The van der Waals surface area contributed by atoms with Crippen molar-refractivity contribution in [2.75, 3.05) is 49.1 Å². The summed E-state index contributed by atoms with van der Waals surface area (Å²) in [7, 11) is 0. The summed E-state index contributed by atoms with van der Waals surface area (Å²) in [4.78, 5) is 41.9. The van der Waals surface area contributed by atoms with E-state index in [1.807, 2.05) is 4.90 Å². The Morgan fingerprint density at radius 2 is 1.62 bits per heavy atom. The molecule has 2 heterocycles. The molecule has 2 aliphatic heterocycles. The average Bonchev–Trinajstić information content (AvgIpc) is 3.28. The van der Waals surface area contributed by atoms with Crippen LogP contribution in [0.25, 0.3) is 0 Å². The molecule has 0 aliphatic carbocycles. The molecule has 0 saturated carbocycles. The van der Waals surface area contributed by atoms with Gasteiger partial charge in [-0.1, -0.05) is 6.07 Å². The molecule has 2 aromatic carbocycles. The molecule has 2 aliphatic rings. The third-order valence-electron chi connectivity index (χ3n) is 6.09. The summed E-state index contributed by atoms with van der Waals surface area (Å²) in [5.74, 6) is -0.581. The topological polar surface area (TPSA) is 73.0 Å². The molecule has 10 heteroatoms. The first-order valence-electron chi connectivity index (χ1n) is 11.1. The van der Waals surface area contributed by atoms with Gasteiger partial charge in [0.2, 0.25) is 11.8 Å². The quantitative estimate of drug-likeness (QED) is 0.724. The molecule has 4 rings (SSSR count). The first-order valence-corrected chi connectivity index (χ1v) is 11.1. The molecule has 1 N–H and O–H groups in total. The highest BCUT2D eigenvalue weighted by Gasteiger charge is 2.31. The zero-order valence-electron chi connectivity index (χ0n) is 18.5. The average molecular weight is 474 g/mol. The smallest absolute Gasteiger partial charge is 0.368 e. The highest BCUT2D eigenvalue weighted by atomic mass is 19.4. The van der Waals surface area contributed by atoms with E-state index in [-0.39, 0.29) is 18.4 Å². The third-order valence-corrected chi connectivity index (χ3v) is 6.09. The fourth-order valence-electron chi connectivity index (χ4n) is 4.18. The van der Waals surface area contributed by atoms with Gasteiger partial charge in [0.25, 0.3) is 5.91 Å². The molecular formula is C24H25F3N4O3. The van der Waals surface area contributed by atoms with Crippen molar-refractivity contribution in [1.82, 2.24) is 10.2 Å². The van der Waals surface area contributed by atoms with Crippen LogP contribution in [0.15, 0.2) is 48.5 Å². The molecule has 180 valence electrons. The van der Waals surface area contributed by atoms with Crippen molar-refractivity contribution in [1.29, 1.82) is 0 Å². The summed E-state index contributed by atoms with van der Waals surface area (Å²) in [6, 6.07) is 11.8. The predicted octanol–water partition coefficient (Wildman–Crippen LogP) is 2.91. The fourth-order valence-corrected chi connectivity index (χ4v) is 4.18. The van der Waals surface area contributed by atoms with Crippen molar-refractivity contribution in [2.45, 2.75) is 19.0 Å². The number of carbonyl (C=O) groups excluding carboxylic acids is 3. The lowest BCUT2D eigenvalue weighted by molar-refractivity contribution is -0.137. The molecule has 2 aromatic rings. The van der Waals surface area contributed by atoms with Gasteiger partial charge in [-0.25, -0.2) is 0 Å². The zero-order chi connectivity index (χ0) is 24.3. The number of amides is 3. The molecule has 0 spiro atoms. The normalized spacial score (nSPS) is 16.7. The molecule has 0 radical (unpaired) electrons. The minimum Gasteiger partial charge on any atom is -0.368 e. The Morgan fingerprint density at radius 1 is 0.912 bits per heavy atom. The summed E-state index contributed by atoms with van der Waals surface area (Å²) >= 11 is 0. The number of carbonyl (C=O) groups is 3. The number of piperazine rings is 1. The Morgan fingerprint density at radius 3 is 2.24 bits per heavy atom. The third kappa shape index (κ3) is 5.32. The van der Waals surface area contributed by atoms with Gasteiger partial charge in [0.15, 0.2) is 0 Å². The maximum absolute atomic E-state index is 13.0. The zero-order valence-corrected chi connectivity index (χ0v) is 18.5. The Balaban J connectivity index is 1.26.